The minimum Gasteiger partial charge on any atom is -0.459 e. The van der Waals surface area contributed by atoms with Crippen molar-refractivity contribution in [3.05, 3.63) is 70.7 Å². The molecular formula is C18H18FNO. The summed E-state index contributed by atoms with van der Waals surface area (Å²) in [6, 6.07) is 13.0. The topological polar surface area (TPSA) is 25.2 Å². The van der Waals surface area contributed by atoms with Crippen LogP contribution in [0.4, 0.5) is 4.39 Å². The molecule has 3 rings (SSSR count). The molecule has 0 amide bonds. The number of fused-ring (bicyclic) bond motifs is 1. The fourth-order valence-corrected chi connectivity index (χ4v) is 2.78. The van der Waals surface area contributed by atoms with E-state index in [1.807, 2.05) is 51.2 Å². The van der Waals surface area contributed by atoms with E-state index in [-0.39, 0.29) is 11.9 Å². The van der Waals surface area contributed by atoms with Crippen LogP contribution in [0.15, 0.2) is 46.9 Å². The van der Waals surface area contributed by atoms with Crippen LogP contribution < -0.4 is 5.32 Å². The van der Waals surface area contributed by atoms with E-state index in [0.29, 0.717) is 0 Å². The Labute approximate surface area is 123 Å². The van der Waals surface area contributed by atoms with E-state index in [2.05, 4.69) is 5.32 Å². The van der Waals surface area contributed by atoms with Gasteiger partial charge in [0.15, 0.2) is 0 Å². The van der Waals surface area contributed by atoms with Crippen molar-refractivity contribution in [1.82, 2.24) is 5.32 Å². The fraction of sp³-hybridized carbons (Fsp3) is 0.222. The van der Waals surface area contributed by atoms with Gasteiger partial charge in [0.25, 0.3) is 0 Å². The molecule has 0 radical (unpaired) electrons. The quantitative estimate of drug-likeness (QED) is 0.765. The summed E-state index contributed by atoms with van der Waals surface area (Å²) in [7, 11) is 1.85. The number of hydrogen-bond acceptors (Lipinski definition) is 2. The standard InChI is InChI=1S/C18H18FNO/c1-11-7-14(9-15(19)8-11)17(20-3)16-10-13-6-4-5-12(2)18(13)21-16/h4-10,17,20H,1-3H3. The molecule has 3 heteroatoms. The number of halogens is 1. The Morgan fingerprint density at radius 2 is 1.90 bits per heavy atom. The molecule has 0 aliphatic heterocycles. The first-order valence-corrected chi connectivity index (χ1v) is 7.02. The molecule has 0 bridgehead atoms. The van der Waals surface area contributed by atoms with Crippen molar-refractivity contribution in [3.63, 3.8) is 0 Å². The monoisotopic (exact) mass is 283 g/mol. The van der Waals surface area contributed by atoms with Gasteiger partial charge in [0.1, 0.15) is 17.2 Å². The second-order valence-electron chi connectivity index (χ2n) is 5.43. The highest BCUT2D eigenvalue weighted by atomic mass is 19.1. The third kappa shape index (κ3) is 2.57. The van der Waals surface area contributed by atoms with Crippen molar-refractivity contribution >= 4 is 11.0 Å². The zero-order valence-electron chi connectivity index (χ0n) is 12.4. The van der Waals surface area contributed by atoms with Gasteiger partial charge in [-0.25, -0.2) is 4.39 Å². The molecule has 1 N–H and O–H groups in total. The van der Waals surface area contributed by atoms with Crippen molar-refractivity contribution in [2.45, 2.75) is 19.9 Å². The lowest BCUT2D eigenvalue weighted by Gasteiger charge is -2.15. The first-order chi connectivity index (χ1) is 10.1. The van der Waals surface area contributed by atoms with Crippen molar-refractivity contribution in [2.24, 2.45) is 0 Å². The number of nitrogens with one attached hydrogen (secondary N) is 1. The summed E-state index contributed by atoms with van der Waals surface area (Å²) in [4.78, 5) is 0. The normalized spacial score (nSPS) is 12.8. The van der Waals surface area contributed by atoms with Gasteiger partial charge in [-0.1, -0.05) is 24.3 Å². The molecule has 1 atom stereocenters. The van der Waals surface area contributed by atoms with Crippen LogP contribution >= 0.6 is 0 Å². The van der Waals surface area contributed by atoms with Gasteiger partial charge >= 0.3 is 0 Å². The van der Waals surface area contributed by atoms with E-state index in [9.17, 15) is 4.39 Å². The maximum absolute atomic E-state index is 13.7. The summed E-state index contributed by atoms with van der Waals surface area (Å²) < 4.78 is 19.7. The van der Waals surface area contributed by atoms with E-state index in [1.54, 1.807) is 6.07 Å². The number of benzene rings is 2. The lowest BCUT2D eigenvalue weighted by molar-refractivity contribution is 0.488. The molecule has 1 aromatic heterocycles. The smallest absolute Gasteiger partial charge is 0.137 e. The van der Waals surface area contributed by atoms with Crippen LogP contribution in [0.25, 0.3) is 11.0 Å². The van der Waals surface area contributed by atoms with Crippen LogP contribution in [0, 0.1) is 19.7 Å². The molecule has 2 aromatic carbocycles. The molecule has 1 heterocycles. The number of para-hydroxylation sites is 1. The van der Waals surface area contributed by atoms with Gasteiger partial charge in [-0.3, -0.25) is 0 Å². The third-order valence-corrected chi connectivity index (χ3v) is 3.73. The highest BCUT2D eigenvalue weighted by Gasteiger charge is 2.18. The zero-order chi connectivity index (χ0) is 15.0. The van der Waals surface area contributed by atoms with Gasteiger partial charge in [0.2, 0.25) is 0 Å². The summed E-state index contributed by atoms with van der Waals surface area (Å²) in [5, 5.41) is 4.28. The first kappa shape index (κ1) is 13.8. The maximum Gasteiger partial charge on any atom is 0.137 e. The molecule has 0 spiro atoms. The number of aryl methyl sites for hydroxylation is 2. The molecular weight excluding hydrogens is 265 g/mol. The van der Waals surface area contributed by atoms with Crippen LogP contribution in [0.1, 0.15) is 28.5 Å². The highest BCUT2D eigenvalue weighted by Crippen LogP contribution is 2.30. The molecule has 0 aliphatic carbocycles. The molecule has 108 valence electrons. The number of furan rings is 1. The second kappa shape index (κ2) is 5.34. The Morgan fingerprint density at radius 1 is 1.10 bits per heavy atom. The zero-order valence-corrected chi connectivity index (χ0v) is 12.4. The van der Waals surface area contributed by atoms with Gasteiger partial charge in [0.05, 0.1) is 6.04 Å². The average molecular weight is 283 g/mol. The van der Waals surface area contributed by atoms with Crippen LogP contribution in [0.3, 0.4) is 0 Å². The van der Waals surface area contributed by atoms with Crippen LogP contribution in [0.5, 0.6) is 0 Å². The van der Waals surface area contributed by atoms with E-state index < -0.39 is 0 Å². The van der Waals surface area contributed by atoms with Gasteiger partial charge in [0, 0.05) is 5.39 Å². The van der Waals surface area contributed by atoms with Crippen LogP contribution in [0.2, 0.25) is 0 Å². The summed E-state index contributed by atoms with van der Waals surface area (Å²) in [5.74, 6) is 0.573. The molecule has 3 aromatic rings. The lowest BCUT2D eigenvalue weighted by atomic mass is 10.0. The second-order valence-corrected chi connectivity index (χ2v) is 5.43. The SMILES string of the molecule is CNC(c1cc(C)cc(F)c1)c1cc2cccc(C)c2o1. The Kier molecular flexibility index (Phi) is 3.52. The molecule has 2 nitrogen and oxygen atoms in total. The van der Waals surface area contributed by atoms with E-state index in [4.69, 9.17) is 4.42 Å². The molecule has 0 aliphatic rings. The molecule has 21 heavy (non-hydrogen) atoms. The number of rotatable bonds is 3. The van der Waals surface area contributed by atoms with Crippen molar-refractivity contribution < 1.29 is 8.81 Å². The Morgan fingerprint density at radius 3 is 2.57 bits per heavy atom. The van der Waals surface area contributed by atoms with Crippen molar-refractivity contribution in [3.8, 4) is 0 Å². The van der Waals surface area contributed by atoms with Gasteiger partial charge in [-0.2, -0.15) is 0 Å². The Balaban J connectivity index is 2.11. The summed E-state index contributed by atoms with van der Waals surface area (Å²) in [5.41, 5.74) is 3.76. The number of hydrogen-bond donors (Lipinski definition) is 1. The van der Waals surface area contributed by atoms with E-state index >= 15 is 0 Å². The van der Waals surface area contributed by atoms with Crippen molar-refractivity contribution in [1.29, 1.82) is 0 Å². The molecule has 0 saturated carbocycles. The average Bonchev–Trinajstić information content (AvgIpc) is 2.83. The predicted octanol–water partition coefficient (Wildman–Crippen LogP) is 4.50. The predicted molar refractivity (Wildman–Crippen MR) is 83.0 cm³/mol. The van der Waals surface area contributed by atoms with Gasteiger partial charge < -0.3 is 9.73 Å². The summed E-state index contributed by atoms with van der Waals surface area (Å²) >= 11 is 0. The van der Waals surface area contributed by atoms with Crippen molar-refractivity contribution in [2.75, 3.05) is 7.05 Å². The van der Waals surface area contributed by atoms with Crippen LogP contribution in [-0.2, 0) is 0 Å². The minimum absolute atomic E-state index is 0.161. The van der Waals surface area contributed by atoms with E-state index in [1.165, 1.54) is 6.07 Å². The molecule has 0 saturated heterocycles. The van der Waals surface area contributed by atoms with Crippen LogP contribution in [-0.4, -0.2) is 7.05 Å². The Bertz CT molecular complexity index is 771. The fourth-order valence-electron chi connectivity index (χ4n) is 2.78. The maximum atomic E-state index is 13.7. The van der Waals surface area contributed by atoms with E-state index in [0.717, 1.165) is 33.4 Å². The third-order valence-electron chi connectivity index (χ3n) is 3.73. The molecule has 0 fully saturated rings. The Hall–Kier alpha value is -2.13. The first-order valence-electron chi connectivity index (χ1n) is 7.02. The highest BCUT2D eigenvalue weighted by molar-refractivity contribution is 5.81. The van der Waals surface area contributed by atoms with Gasteiger partial charge in [-0.05, 0) is 55.8 Å². The summed E-state index contributed by atoms with van der Waals surface area (Å²) in [6.45, 7) is 3.92. The lowest BCUT2D eigenvalue weighted by Crippen LogP contribution is -2.17. The largest absolute Gasteiger partial charge is 0.459 e. The minimum atomic E-state index is -0.224. The molecule has 1 unspecified atom stereocenters. The summed E-state index contributed by atoms with van der Waals surface area (Å²) in [6.07, 6.45) is 0. The van der Waals surface area contributed by atoms with Gasteiger partial charge in [-0.15, -0.1) is 0 Å².